The van der Waals surface area contributed by atoms with Crippen LogP contribution in [0.2, 0.25) is 0 Å². The van der Waals surface area contributed by atoms with Crippen LogP contribution in [0.4, 0.5) is 0 Å². The average Bonchev–Trinajstić information content (AvgIpc) is 2.67. The van der Waals surface area contributed by atoms with Crippen molar-refractivity contribution in [1.29, 1.82) is 0 Å². The summed E-state index contributed by atoms with van der Waals surface area (Å²) in [5.41, 5.74) is 8.99. The number of nitrogens with zero attached hydrogens (tertiary/aromatic N) is 1. The van der Waals surface area contributed by atoms with E-state index < -0.39 is 0 Å². The third kappa shape index (κ3) is 4.51. The number of methoxy groups -OCH3 is 2. The molecule has 0 aromatic heterocycles. The summed E-state index contributed by atoms with van der Waals surface area (Å²) in [5.74, 6) is 0. The highest BCUT2D eigenvalue weighted by molar-refractivity contribution is 5.27. The van der Waals surface area contributed by atoms with Crippen molar-refractivity contribution in [2.45, 2.75) is 38.0 Å². The van der Waals surface area contributed by atoms with Crippen molar-refractivity contribution < 1.29 is 9.47 Å². The Morgan fingerprint density at radius 2 is 2.10 bits per heavy atom. The van der Waals surface area contributed by atoms with E-state index in [1.54, 1.807) is 14.2 Å². The molecule has 1 heterocycles. The Morgan fingerprint density at radius 1 is 1.24 bits per heavy atom. The summed E-state index contributed by atoms with van der Waals surface area (Å²) < 4.78 is 10.5. The summed E-state index contributed by atoms with van der Waals surface area (Å²) in [7, 11) is 3.49. The van der Waals surface area contributed by atoms with E-state index in [9.17, 15) is 0 Å². The zero-order chi connectivity index (χ0) is 15.1. The molecule has 118 valence electrons. The minimum Gasteiger partial charge on any atom is -0.383 e. The van der Waals surface area contributed by atoms with Crippen molar-refractivity contribution in [3.63, 3.8) is 0 Å². The first-order valence-corrected chi connectivity index (χ1v) is 7.82. The van der Waals surface area contributed by atoms with Gasteiger partial charge in [-0.05, 0) is 30.5 Å². The normalized spacial score (nSPS) is 24.0. The highest BCUT2D eigenvalue weighted by Crippen LogP contribution is 2.29. The van der Waals surface area contributed by atoms with Crippen molar-refractivity contribution in [2.75, 3.05) is 33.9 Å². The molecule has 1 saturated heterocycles. The second-order valence-electron chi connectivity index (χ2n) is 5.81. The highest BCUT2D eigenvalue weighted by atomic mass is 16.5. The molecule has 1 aliphatic heterocycles. The number of nitrogens with two attached hydrogens (primary N) is 1. The zero-order valence-corrected chi connectivity index (χ0v) is 13.3. The molecule has 2 N–H and O–H groups in total. The van der Waals surface area contributed by atoms with Crippen molar-refractivity contribution in [2.24, 2.45) is 5.73 Å². The third-order valence-corrected chi connectivity index (χ3v) is 4.22. The molecule has 2 unspecified atom stereocenters. The van der Waals surface area contributed by atoms with Crippen LogP contribution in [0, 0.1) is 0 Å². The zero-order valence-electron chi connectivity index (χ0n) is 13.3. The lowest BCUT2D eigenvalue weighted by molar-refractivity contribution is 0.115. The van der Waals surface area contributed by atoms with Gasteiger partial charge in [-0.15, -0.1) is 0 Å². The first-order valence-electron chi connectivity index (χ1n) is 7.82. The van der Waals surface area contributed by atoms with Crippen molar-refractivity contribution in [1.82, 2.24) is 4.90 Å². The van der Waals surface area contributed by atoms with Gasteiger partial charge >= 0.3 is 0 Å². The van der Waals surface area contributed by atoms with Crippen LogP contribution in [0.25, 0.3) is 0 Å². The quantitative estimate of drug-likeness (QED) is 0.874. The Morgan fingerprint density at radius 3 is 2.86 bits per heavy atom. The molecule has 4 heteroatoms. The summed E-state index contributed by atoms with van der Waals surface area (Å²) in [6, 6.07) is 9.10. The molecule has 1 aliphatic rings. The molecule has 0 saturated carbocycles. The van der Waals surface area contributed by atoms with Gasteiger partial charge in [-0.25, -0.2) is 0 Å². The lowest BCUT2D eigenvalue weighted by Gasteiger charge is -2.34. The van der Waals surface area contributed by atoms with E-state index in [1.807, 2.05) is 0 Å². The average molecular weight is 292 g/mol. The molecule has 1 aromatic carbocycles. The Hall–Kier alpha value is -0.940. The number of likely N-dealkylation sites (tertiary alicyclic amines) is 1. The molecule has 1 aromatic rings. The first-order chi connectivity index (χ1) is 10.3. The van der Waals surface area contributed by atoms with Crippen LogP contribution in [0.15, 0.2) is 24.3 Å². The number of rotatable bonds is 6. The van der Waals surface area contributed by atoms with Crippen molar-refractivity contribution in [3.8, 4) is 0 Å². The summed E-state index contributed by atoms with van der Waals surface area (Å²) in [5, 5.41) is 0. The molecule has 0 bridgehead atoms. The second kappa shape index (κ2) is 8.49. The van der Waals surface area contributed by atoms with Crippen molar-refractivity contribution in [3.05, 3.63) is 35.4 Å². The maximum atomic E-state index is 6.48. The SMILES string of the molecule is COCCN1CCCCC(N)C1c1cccc(COC)c1. The summed E-state index contributed by atoms with van der Waals surface area (Å²) >= 11 is 0. The molecule has 4 nitrogen and oxygen atoms in total. The van der Waals surface area contributed by atoms with E-state index in [4.69, 9.17) is 15.2 Å². The maximum absolute atomic E-state index is 6.48. The number of hydrogen-bond donors (Lipinski definition) is 1. The number of hydrogen-bond acceptors (Lipinski definition) is 4. The topological polar surface area (TPSA) is 47.7 Å². The van der Waals surface area contributed by atoms with E-state index in [-0.39, 0.29) is 12.1 Å². The van der Waals surface area contributed by atoms with Gasteiger partial charge in [0.15, 0.2) is 0 Å². The Balaban J connectivity index is 2.22. The minimum atomic E-state index is 0.183. The van der Waals surface area contributed by atoms with E-state index in [2.05, 4.69) is 29.2 Å². The standard InChI is InChI=1S/C17H28N2O2/c1-20-11-10-19-9-4-3-8-16(18)17(19)15-7-5-6-14(12-15)13-21-2/h5-7,12,16-17H,3-4,8-11,13,18H2,1-2H3. The highest BCUT2D eigenvalue weighted by Gasteiger charge is 2.28. The van der Waals surface area contributed by atoms with Gasteiger partial charge in [-0.1, -0.05) is 30.7 Å². The van der Waals surface area contributed by atoms with Crippen LogP contribution >= 0.6 is 0 Å². The molecule has 0 aliphatic carbocycles. The monoisotopic (exact) mass is 292 g/mol. The predicted molar refractivity (Wildman–Crippen MR) is 85.2 cm³/mol. The second-order valence-corrected chi connectivity index (χ2v) is 5.81. The fourth-order valence-corrected chi connectivity index (χ4v) is 3.21. The molecule has 1 fully saturated rings. The molecule has 0 radical (unpaired) electrons. The van der Waals surface area contributed by atoms with E-state index in [0.717, 1.165) is 26.1 Å². The van der Waals surface area contributed by atoms with Gasteiger partial charge < -0.3 is 15.2 Å². The van der Waals surface area contributed by atoms with E-state index in [1.165, 1.54) is 24.0 Å². The maximum Gasteiger partial charge on any atom is 0.0713 e. The van der Waals surface area contributed by atoms with Gasteiger partial charge in [-0.2, -0.15) is 0 Å². The van der Waals surface area contributed by atoms with Gasteiger partial charge in [0.2, 0.25) is 0 Å². The molecule has 0 amide bonds. The van der Waals surface area contributed by atoms with Crippen LogP contribution in [-0.4, -0.2) is 44.9 Å². The Labute approximate surface area is 128 Å². The van der Waals surface area contributed by atoms with Crippen LogP contribution in [0.1, 0.15) is 36.4 Å². The summed E-state index contributed by atoms with van der Waals surface area (Å²) in [4.78, 5) is 2.48. The smallest absolute Gasteiger partial charge is 0.0713 e. The van der Waals surface area contributed by atoms with E-state index in [0.29, 0.717) is 6.61 Å². The van der Waals surface area contributed by atoms with Gasteiger partial charge in [0, 0.05) is 32.8 Å². The Kier molecular flexibility index (Phi) is 6.64. The van der Waals surface area contributed by atoms with Crippen molar-refractivity contribution >= 4 is 0 Å². The lowest BCUT2D eigenvalue weighted by atomic mass is 9.95. The third-order valence-electron chi connectivity index (χ3n) is 4.22. The minimum absolute atomic E-state index is 0.183. The van der Waals surface area contributed by atoms with Gasteiger partial charge in [0.25, 0.3) is 0 Å². The predicted octanol–water partition coefficient (Wildman–Crippen LogP) is 2.33. The summed E-state index contributed by atoms with van der Waals surface area (Å²) in [6.45, 7) is 3.43. The first kappa shape index (κ1) is 16.4. The fraction of sp³-hybridized carbons (Fsp3) is 0.647. The summed E-state index contributed by atoms with van der Waals surface area (Å²) in [6.07, 6.45) is 3.51. The van der Waals surface area contributed by atoms with E-state index >= 15 is 0 Å². The fourth-order valence-electron chi connectivity index (χ4n) is 3.21. The molecular weight excluding hydrogens is 264 g/mol. The molecule has 21 heavy (non-hydrogen) atoms. The number of benzene rings is 1. The molecule has 0 spiro atoms. The number of ether oxygens (including phenoxy) is 2. The van der Waals surface area contributed by atoms with Crippen LogP contribution in [0.3, 0.4) is 0 Å². The van der Waals surface area contributed by atoms with Crippen LogP contribution < -0.4 is 5.73 Å². The van der Waals surface area contributed by atoms with Gasteiger partial charge in [-0.3, -0.25) is 4.90 Å². The van der Waals surface area contributed by atoms with Crippen LogP contribution in [-0.2, 0) is 16.1 Å². The van der Waals surface area contributed by atoms with Gasteiger partial charge in [0.1, 0.15) is 0 Å². The van der Waals surface area contributed by atoms with Crippen LogP contribution in [0.5, 0.6) is 0 Å². The lowest BCUT2D eigenvalue weighted by Crippen LogP contribution is -2.41. The largest absolute Gasteiger partial charge is 0.383 e. The Bertz CT molecular complexity index is 425. The molecule has 2 atom stereocenters. The molecular formula is C17H28N2O2. The molecule has 2 rings (SSSR count). The van der Waals surface area contributed by atoms with Gasteiger partial charge in [0.05, 0.1) is 13.2 Å².